The zero-order valence-corrected chi connectivity index (χ0v) is 9.91. The van der Waals surface area contributed by atoms with Gasteiger partial charge in [0.25, 0.3) is 0 Å². The number of carboxylic acid groups (broad SMARTS) is 1. The quantitative estimate of drug-likeness (QED) is 0.867. The molecule has 0 spiro atoms. The standard InChI is InChI=1S/C12H13N3O3/c1-2-15-8-13-6-9(15)7-18-10-4-3-5-14-11(10)12(16)17/h3-6,8H,2,7H2,1H3,(H,16,17). The van der Waals surface area contributed by atoms with Crippen LogP contribution < -0.4 is 4.74 Å². The van der Waals surface area contributed by atoms with Crippen LogP contribution in [0.25, 0.3) is 0 Å². The van der Waals surface area contributed by atoms with Gasteiger partial charge in [0.1, 0.15) is 6.61 Å². The van der Waals surface area contributed by atoms with Crippen LogP contribution in [0.3, 0.4) is 0 Å². The topological polar surface area (TPSA) is 77.2 Å². The third kappa shape index (κ3) is 2.48. The Labute approximate surface area is 104 Å². The normalized spacial score (nSPS) is 10.3. The molecule has 0 amide bonds. The number of pyridine rings is 1. The molecule has 94 valence electrons. The Morgan fingerprint density at radius 1 is 1.56 bits per heavy atom. The SMILES string of the molecule is CCn1cncc1COc1cccnc1C(=O)O. The lowest BCUT2D eigenvalue weighted by Crippen LogP contribution is -2.08. The van der Waals surface area contributed by atoms with Crippen molar-refractivity contribution in [1.29, 1.82) is 0 Å². The smallest absolute Gasteiger partial charge is 0.358 e. The summed E-state index contributed by atoms with van der Waals surface area (Å²) >= 11 is 0. The molecule has 1 N–H and O–H groups in total. The Bertz CT molecular complexity index is 551. The van der Waals surface area contributed by atoms with E-state index in [9.17, 15) is 4.79 Å². The first kappa shape index (κ1) is 12.1. The molecule has 2 rings (SSSR count). The van der Waals surface area contributed by atoms with Crippen LogP contribution in [0.15, 0.2) is 30.9 Å². The van der Waals surface area contributed by atoms with E-state index in [0.29, 0.717) is 0 Å². The van der Waals surface area contributed by atoms with Crippen LogP contribution in [-0.2, 0) is 13.2 Å². The number of carbonyl (C=O) groups is 1. The van der Waals surface area contributed by atoms with Gasteiger partial charge in [0, 0.05) is 12.7 Å². The first-order valence-corrected chi connectivity index (χ1v) is 5.52. The van der Waals surface area contributed by atoms with E-state index in [2.05, 4.69) is 9.97 Å². The first-order chi connectivity index (χ1) is 8.72. The zero-order valence-electron chi connectivity index (χ0n) is 9.91. The second-order valence-electron chi connectivity index (χ2n) is 3.61. The van der Waals surface area contributed by atoms with Crippen LogP contribution in [0, 0.1) is 0 Å². The number of aromatic carboxylic acids is 1. The van der Waals surface area contributed by atoms with Crippen LogP contribution in [0.1, 0.15) is 23.1 Å². The van der Waals surface area contributed by atoms with Gasteiger partial charge in [-0.25, -0.2) is 14.8 Å². The second kappa shape index (κ2) is 5.31. The van der Waals surface area contributed by atoms with E-state index >= 15 is 0 Å². The number of hydrogen-bond donors (Lipinski definition) is 1. The molecule has 0 aliphatic heterocycles. The minimum absolute atomic E-state index is 0.0833. The summed E-state index contributed by atoms with van der Waals surface area (Å²) < 4.78 is 7.41. The molecule has 6 heteroatoms. The van der Waals surface area contributed by atoms with Gasteiger partial charge in [0.15, 0.2) is 11.4 Å². The molecule has 0 unspecified atom stereocenters. The summed E-state index contributed by atoms with van der Waals surface area (Å²) in [6.45, 7) is 3.05. The maximum absolute atomic E-state index is 10.9. The predicted octanol–water partition coefficient (Wildman–Crippen LogP) is 1.58. The lowest BCUT2D eigenvalue weighted by molar-refractivity contribution is 0.0684. The third-order valence-corrected chi connectivity index (χ3v) is 2.49. The van der Waals surface area contributed by atoms with Crippen molar-refractivity contribution in [2.45, 2.75) is 20.1 Å². The molecule has 6 nitrogen and oxygen atoms in total. The number of nitrogens with zero attached hydrogens (tertiary/aromatic N) is 3. The fourth-order valence-electron chi connectivity index (χ4n) is 1.57. The molecular weight excluding hydrogens is 234 g/mol. The molecule has 0 radical (unpaired) electrons. The van der Waals surface area contributed by atoms with Crippen molar-refractivity contribution in [1.82, 2.24) is 14.5 Å². The Hall–Kier alpha value is -2.37. The van der Waals surface area contributed by atoms with Crippen molar-refractivity contribution in [2.24, 2.45) is 0 Å². The van der Waals surface area contributed by atoms with E-state index < -0.39 is 5.97 Å². The van der Waals surface area contributed by atoms with Crippen molar-refractivity contribution < 1.29 is 14.6 Å². The number of imidazole rings is 1. The minimum Gasteiger partial charge on any atom is -0.485 e. The predicted molar refractivity (Wildman–Crippen MR) is 63.4 cm³/mol. The third-order valence-electron chi connectivity index (χ3n) is 2.49. The number of carboxylic acids is 1. The molecule has 0 atom stereocenters. The number of aromatic nitrogens is 3. The summed E-state index contributed by atoms with van der Waals surface area (Å²) in [7, 11) is 0. The molecule has 0 aliphatic rings. The minimum atomic E-state index is -1.10. The van der Waals surface area contributed by atoms with Gasteiger partial charge in [-0.2, -0.15) is 0 Å². The number of aryl methyl sites for hydroxylation is 1. The van der Waals surface area contributed by atoms with Crippen LogP contribution in [0.2, 0.25) is 0 Å². The molecule has 2 heterocycles. The largest absolute Gasteiger partial charge is 0.485 e. The molecule has 2 aromatic rings. The first-order valence-electron chi connectivity index (χ1n) is 5.52. The number of rotatable bonds is 5. The highest BCUT2D eigenvalue weighted by atomic mass is 16.5. The summed E-state index contributed by atoms with van der Waals surface area (Å²) in [5.41, 5.74) is 0.803. The highest BCUT2D eigenvalue weighted by molar-refractivity contribution is 5.88. The fourth-order valence-corrected chi connectivity index (χ4v) is 1.57. The van der Waals surface area contributed by atoms with Gasteiger partial charge in [-0.15, -0.1) is 0 Å². The maximum Gasteiger partial charge on any atom is 0.358 e. The molecule has 18 heavy (non-hydrogen) atoms. The summed E-state index contributed by atoms with van der Waals surface area (Å²) in [4.78, 5) is 18.7. The van der Waals surface area contributed by atoms with E-state index in [4.69, 9.17) is 9.84 Å². The van der Waals surface area contributed by atoms with Gasteiger partial charge < -0.3 is 14.4 Å². The highest BCUT2D eigenvalue weighted by Crippen LogP contribution is 2.16. The molecular formula is C12H13N3O3. The van der Waals surface area contributed by atoms with E-state index in [1.54, 1.807) is 24.7 Å². The van der Waals surface area contributed by atoms with Crippen LogP contribution in [-0.4, -0.2) is 25.6 Å². The molecule has 0 aromatic carbocycles. The molecule has 0 bridgehead atoms. The van der Waals surface area contributed by atoms with Crippen LogP contribution in [0.4, 0.5) is 0 Å². The molecule has 0 fully saturated rings. The maximum atomic E-state index is 10.9. The van der Waals surface area contributed by atoms with E-state index in [1.807, 2.05) is 11.5 Å². The van der Waals surface area contributed by atoms with Crippen molar-refractivity contribution in [3.05, 3.63) is 42.2 Å². The number of ether oxygens (including phenoxy) is 1. The fraction of sp³-hybridized carbons (Fsp3) is 0.250. The Morgan fingerprint density at radius 2 is 2.39 bits per heavy atom. The van der Waals surface area contributed by atoms with Gasteiger partial charge in [-0.05, 0) is 19.1 Å². The van der Waals surface area contributed by atoms with Crippen LogP contribution >= 0.6 is 0 Å². The van der Waals surface area contributed by atoms with E-state index in [-0.39, 0.29) is 18.1 Å². The summed E-state index contributed by atoms with van der Waals surface area (Å²) in [6.07, 6.45) is 4.83. The monoisotopic (exact) mass is 247 g/mol. The second-order valence-corrected chi connectivity index (χ2v) is 3.61. The van der Waals surface area contributed by atoms with E-state index in [1.165, 1.54) is 6.20 Å². The summed E-state index contributed by atoms with van der Waals surface area (Å²) in [6, 6.07) is 3.22. The van der Waals surface area contributed by atoms with Gasteiger partial charge in [-0.1, -0.05) is 0 Å². The van der Waals surface area contributed by atoms with Crippen molar-refractivity contribution in [2.75, 3.05) is 0 Å². The average Bonchev–Trinajstić information content (AvgIpc) is 2.84. The lowest BCUT2D eigenvalue weighted by atomic mass is 10.3. The van der Waals surface area contributed by atoms with Crippen molar-refractivity contribution >= 4 is 5.97 Å². The van der Waals surface area contributed by atoms with Crippen molar-refractivity contribution in [3.63, 3.8) is 0 Å². The highest BCUT2D eigenvalue weighted by Gasteiger charge is 2.12. The van der Waals surface area contributed by atoms with Gasteiger partial charge in [0.05, 0.1) is 18.2 Å². The van der Waals surface area contributed by atoms with Gasteiger partial charge in [0.2, 0.25) is 0 Å². The lowest BCUT2D eigenvalue weighted by Gasteiger charge is -2.09. The zero-order chi connectivity index (χ0) is 13.0. The molecule has 2 aromatic heterocycles. The molecule has 0 saturated carbocycles. The Balaban J connectivity index is 2.13. The van der Waals surface area contributed by atoms with Crippen molar-refractivity contribution in [3.8, 4) is 5.75 Å². The Morgan fingerprint density at radius 3 is 3.11 bits per heavy atom. The summed E-state index contributed by atoms with van der Waals surface area (Å²) in [5, 5.41) is 8.96. The van der Waals surface area contributed by atoms with E-state index in [0.717, 1.165) is 12.2 Å². The summed E-state index contributed by atoms with van der Waals surface area (Å²) in [5.74, 6) is -0.844. The average molecular weight is 247 g/mol. The van der Waals surface area contributed by atoms with Gasteiger partial charge >= 0.3 is 5.97 Å². The molecule has 0 saturated heterocycles. The Kier molecular flexibility index (Phi) is 3.57. The van der Waals surface area contributed by atoms with Crippen LogP contribution in [0.5, 0.6) is 5.75 Å². The molecule has 0 aliphatic carbocycles. The van der Waals surface area contributed by atoms with Gasteiger partial charge in [-0.3, -0.25) is 0 Å². The number of hydrogen-bond acceptors (Lipinski definition) is 4.